The van der Waals surface area contributed by atoms with Gasteiger partial charge in [0.1, 0.15) is 31.0 Å². The molecule has 1 aliphatic rings. The summed E-state index contributed by atoms with van der Waals surface area (Å²) in [7, 11) is 6.38. The second kappa shape index (κ2) is 26.9. The molecule has 1 N–H and O–H groups in total. The van der Waals surface area contributed by atoms with E-state index in [1.54, 1.807) is 28.4 Å². The van der Waals surface area contributed by atoms with Crippen LogP contribution in [-0.4, -0.2) is 147 Å². The van der Waals surface area contributed by atoms with Crippen molar-refractivity contribution in [2.45, 2.75) is 84.1 Å². The van der Waals surface area contributed by atoms with Crippen LogP contribution in [0.1, 0.15) is 47.5 Å². The quantitative estimate of drug-likeness (QED) is 0.118. The fourth-order valence-corrected chi connectivity index (χ4v) is 4.27. The number of carbonyl (C=O) groups excluding carboxylic acids is 5. The monoisotopic (exact) mass is 693 g/mol. The standard InChI is InChI=1S/C16H23NO7.C16H32O8/c1-5-6-17-16(21)12-7-13(22-9(2)18)15(24-11(4)20)14(8-12)23-10(3)19;1-13(17)6-22-16(11-23-14(7-18-2)8-19-3)12-24-15(9-20-4)10-21-5/h7,13-15H,5-6,8H2,1-4H3,(H,17,21);14-16H,6-12H2,1-5H3/t13-,14-,15-;/m1./s1. The van der Waals surface area contributed by atoms with Gasteiger partial charge in [-0.15, -0.1) is 0 Å². The van der Waals surface area contributed by atoms with Crippen LogP contribution in [0.3, 0.4) is 0 Å². The van der Waals surface area contributed by atoms with Crippen molar-refractivity contribution in [1.82, 2.24) is 5.32 Å². The molecule has 3 atom stereocenters. The third-order valence-corrected chi connectivity index (χ3v) is 6.19. The Morgan fingerprint density at radius 2 is 1.15 bits per heavy atom. The first kappa shape index (κ1) is 45.0. The van der Waals surface area contributed by atoms with Crippen LogP contribution in [0, 0.1) is 0 Å². The molecule has 0 bridgehead atoms. The molecule has 0 unspecified atom stereocenters. The van der Waals surface area contributed by atoms with Crippen molar-refractivity contribution < 1.29 is 71.3 Å². The number of methoxy groups -OCH3 is 4. The minimum atomic E-state index is -1.01. The molecule has 0 aliphatic heterocycles. The van der Waals surface area contributed by atoms with Gasteiger partial charge >= 0.3 is 17.9 Å². The normalized spacial score (nSPS) is 17.3. The van der Waals surface area contributed by atoms with Gasteiger partial charge in [-0.2, -0.15) is 0 Å². The number of nitrogens with one attached hydrogen (secondary N) is 1. The Kier molecular flexibility index (Phi) is 25.2. The van der Waals surface area contributed by atoms with E-state index in [-0.39, 0.29) is 56.2 Å². The summed E-state index contributed by atoms with van der Waals surface area (Å²) < 4.78 is 52.8. The summed E-state index contributed by atoms with van der Waals surface area (Å²) in [6, 6.07) is 0. The number of hydrogen-bond acceptors (Lipinski definition) is 15. The fourth-order valence-electron chi connectivity index (χ4n) is 4.27. The molecular formula is C32H55NO15. The Balaban J connectivity index is 0.000000920. The van der Waals surface area contributed by atoms with E-state index in [0.29, 0.717) is 38.5 Å². The SMILES string of the molecule is CCCNC(=O)C1=C[C@@H](OC(C)=O)[C@@H](OC(C)=O)[C@H](OC(C)=O)C1.COCC(COC)OCC(COC(COC)COC)OCC(C)=O. The molecule has 0 spiro atoms. The molecule has 0 heterocycles. The molecule has 0 aromatic rings. The van der Waals surface area contributed by atoms with E-state index in [4.69, 9.17) is 47.4 Å². The predicted octanol–water partition coefficient (Wildman–Crippen LogP) is 0.954. The maximum Gasteiger partial charge on any atom is 0.303 e. The number of amides is 1. The van der Waals surface area contributed by atoms with E-state index >= 15 is 0 Å². The van der Waals surface area contributed by atoms with E-state index in [0.717, 1.165) is 6.42 Å². The van der Waals surface area contributed by atoms with E-state index in [2.05, 4.69) is 5.32 Å². The van der Waals surface area contributed by atoms with Crippen molar-refractivity contribution >= 4 is 29.6 Å². The molecule has 0 fully saturated rings. The van der Waals surface area contributed by atoms with Gasteiger partial charge < -0.3 is 52.7 Å². The molecule has 16 nitrogen and oxygen atoms in total. The van der Waals surface area contributed by atoms with Crippen molar-refractivity contribution in [1.29, 1.82) is 0 Å². The largest absolute Gasteiger partial charge is 0.458 e. The topological polar surface area (TPSA) is 190 Å². The van der Waals surface area contributed by atoms with Crippen molar-refractivity contribution in [2.24, 2.45) is 0 Å². The number of rotatable bonds is 23. The van der Waals surface area contributed by atoms with Crippen LogP contribution in [-0.2, 0) is 71.3 Å². The highest BCUT2D eigenvalue weighted by atomic mass is 16.6. The lowest BCUT2D eigenvalue weighted by Crippen LogP contribution is -2.48. The lowest BCUT2D eigenvalue weighted by molar-refractivity contribution is -0.180. The van der Waals surface area contributed by atoms with Gasteiger partial charge in [0.05, 0.1) is 39.6 Å². The molecule has 1 rings (SSSR count). The van der Waals surface area contributed by atoms with Crippen LogP contribution in [0.25, 0.3) is 0 Å². The van der Waals surface area contributed by atoms with Gasteiger partial charge in [0.15, 0.2) is 18.0 Å². The van der Waals surface area contributed by atoms with Crippen LogP contribution < -0.4 is 5.32 Å². The Morgan fingerprint density at radius 3 is 1.54 bits per heavy atom. The molecule has 278 valence electrons. The van der Waals surface area contributed by atoms with Crippen LogP contribution >= 0.6 is 0 Å². The zero-order valence-electron chi connectivity index (χ0n) is 29.7. The summed E-state index contributed by atoms with van der Waals surface area (Å²) in [5.41, 5.74) is 0.310. The number of Topliss-reactive ketones (excluding diaryl/α,β-unsaturated/α-hetero) is 1. The van der Waals surface area contributed by atoms with Crippen molar-refractivity contribution in [3.63, 3.8) is 0 Å². The number of hydrogen-bond donors (Lipinski definition) is 1. The van der Waals surface area contributed by atoms with Gasteiger partial charge in [0, 0.05) is 67.7 Å². The average Bonchev–Trinajstić information content (AvgIpc) is 3.00. The molecular weight excluding hydrogens is 638 g/mol. The highest BCUT2D eigenvalue weighted by Crippen LogP contribution is 2.27. The molecule has 0 saturated carbocycles. The van der Waals surface area contributed by atoms with Crippen LogP contribution in [0.15, 0.2) is 11.6 Å². The van der Waals surface area contributed by atoms with Crippen molar-refractivity contribution in [2.75, 3.05) is 81.2 Å². The number of ketones is 1. The molecule has 1 amide bonds. The molecule has 48 heavy (non-hydrogen) atoms. The van der Waals surface area contributed by atoms with Crippen LogP contribution in [0.2, 0.25) is 0 Å². The Bertz CT molecular complexity index is 957. The first-order valence-electron chi connectivity index (χ1n) is 15.6. The van der Waals surface area contributed by atoms with Gasteiger partial charge in [-0.1, -0.05) is 6.92 Å². The zero-order valence-corrected chi connectivity index (χ0v) is 29.7. The summed E-state index contributed by atoms with van der Waals surface area (Å²) in [4.78, 5) is 57.3. The Labute approximate surface area is 283 Å². The first-order valence-corrected chi connectivity index (χ1v) is 15.6. The van der Waals surface area contributed by atoms with E-state index in [1.807, 2.05) is 6.92 Å². The maximum atomic E-state index is 12.2. The number of carbonyl (C=O) groups is 5. The minimum absolute atomic E-state index is 0.00975. The summed E-state index contributed by atoms with van der Waals surface area (Å²) in [6.07, 6.45) is -1.48. The number of ether oxygens (including phenoxy) is 10. The molecule has 0 aromatic carbocycles. The van der Waals surface area contributed by atoms with Gasteiger partial charge in [0.2, 0.25) is 5.91 Å². The summed E-state index contributed by atoms with van der Waals surface area (Å²) in [5, 5.41) is 2.71. The Hall–Kier alpha value is -2.99. The van der Waals surface area contributed by atoms with E-state index in [1.165, 1.54) is 33.8 Å². The first-order chi connectivity index (χ1) is 22.8. The highest BCUT2D eigenvalue weighted by molar-refractivity contribution is 5.94. The van der Waals surface area contributed by atoms with Gasteiger partial charge in [0.25, 0.3) is 0 Å². The van der Waals surface area contributed by atoms with Gasteiger partial charge in [-0.05, 0) is 19.4 Å². The van der Waals surface area contributed by atoms with Gasteiger partial charge in [-0.25, -0.2) is 0 Å². The predicted molar refractivity (Wildman–Crippen MR) is 170 cm³/mol. The molecule has 0 saturated heterocycles. The zero-order chi connectivity index (χ0) is 36.5. The van der Waals surface area contributed by atoms with Crippen molar-refractivity contribution in [3.8, 4) is 0 Å². The smallest absolute Gasteiger partial charge is 0.303 e. The molecule has 1 aliphatic carbocycles. The summed E-state index contributed by atoms with van der Waals surface area (Å²) in [6.45, 7) is 9.63. The van der Waals surface area contributed by atoms with Crippen LogP contribution in [0.4, 0.5) is 0 Å². The second-order valence-electron chi connectivity index (χ2n) is 10.8. The van der Waals surface area contributed by atoms with Crippen molar-refractivity contribution in [3.05, 3.63) is 11.6 Å². The third-order valence-electron chi connectivity index (χ3n) is 6.19. The average molecular weight is 694 g/mol. The van der Waals surface area contributed by atoms with Gasteiger partial charge in [-0.3, -0.25) is 24.0 Å². The van der Waals surface area contributed by atoms with E-state index < -0.39 is 36.2 Å². The number of esters is 3. The molecule has 16 heteroatoms. The third kappa shape index (κ3) is 21.1. The minimum Gasteiger partial charge on any atom is -0.458 e. The van der Waals surface area contributed by atoms with Crippen LogP contribution in [0.5, 0.6) is 0 Å². The maximum absolute atomic E-state index is 12.2. The lowest BCUT2D eigenvalue weighted by Gasteiger charge is -2.34. The molecule has 0 aromatic heterocycles. The molecule has 0 radical (unpaired) electrons. The second-order valence-corrected chi connectivity index (χ2v) is 10.8. The fraction of sp³-hybridized carbons (Fsp3) is 0.781. The Morgan fingerprint density at radius 1 is 0.688 bits per heavy atom. The summed E-state index contributed by atoms with van der Waals surface area (Å²) >= 11 is 0. The van der Waals surface area contributed by atoms with E-state index in [9.17, 15) is 24.0 Å². The summed E-state index contributed by atoms with van der Waals surface area (Å²) in [5.74, 6) is -2.20. The lowest BCUT2D eigenvalue weighted by atomic mass is 9.91. The highest BCUT2D eigenvalue weighted by Gasteiger charge is 2.41.